The fourth-order valence-corrected chi connectivity index (χ4v) is 0.545. The van der Waals surface area contributed by atoms with E-state index in [-0.39, 0.29) is 0 Å². The van der Waals surface area contributed by atoms with Crippen molar-refractivity contribution in [1.82, 2.24) is 0 Å². The van der Waals surface area contributed by atoms with Gasteiger partial charge in [-0.25, -0.2) is 0 Å². The molecule has 0 atom stereocenters. The largest absolute Gasteiger partial charge is 0.0991 e. The fourth-order valence-electron chi connectivity index (χ4n) is 0.545. The van der Waals surface area contributed by atoms with Gasteiger partial charge >= 0.3 is 0 Å². The Bertz CT molecular complexity index is 127. The van der Waals surface area contributed by atoms with Crippen LogP contribution in [0, 0.1) is 0 Å². The summed E-state index contributed by atoms with van der Waals surface area (Å²) in [5, 5.41) is 0. The summed E-state index contributed by atoms with van der Waals surface area (Å²) in [5.74, 6) is 0. The minimum Gasteiger partial charge on any atom is -0.0991 e. The molecule has 0 bridgehead atoms. The molecule has 0 aliphatic heterocycles. The highest BCUT2D eigenvalue weighted by Gasteiger charge is 1.73. The van der Waals surface area contributed by atoms with E-state index >= 15 is 0 Å². The highest BCUT2D eigenvalue weighted by Crippen LogP contribution is 1.95. The Morgan fingerprint density at radius 2 is 2.22 bits per heavy atom. The molecule has 0 aromatic rings. The molecule has 9 heavy (non-hydrogen) atoms. The molecular weight excluding hydrogens is 108 g/mol. The molecule has 0 fully saturated rings. The lowest BCUT2D eigenvalue weighted by atomic mass is 10.2. The summed E-state index contributed by atoms with van der Waals surface area (Å²) in [7, 11) is 0. The predicted octanol–water partition coefficient (Wildman–Crippen LogP) is 3.08. The van der Waals surface area contributed by atoms with Crippen LogP contribution in [0.4, 0.5) is 0 Å². The van der Waals surface area contributed by atoms with Gasteiger partial charge < -0.3 is 0 Å². The van der Waals surface area contributed by atoms with Crippen LogP contribution in [0.15, 0.2) is 36.5 Å². The van der Waals surface area contributed by atoms with Crippen molar-refractivity contribution in [2.45, 2.75) is 20.3 Å². The van der Waals surface area contributed by atoms with Crippen LogP contribution in [0.3, 0.4) is 0 Å². The quantitative estimate of drug-likeness (QED) is 0.504. The SMILES string of the molecule is C=C/C=C(C)/C=C\CC. The zero-order valence-corrected chi connectivity index (χ0v) is 6.22. The Kier molecular flexibility index (Phi) is 4.89. The highest BCUT2D eigenvalue weighted by atomic mass is 13.8. The van der Waals surface area contributed by atoms with Crippen LogP contribution < -0.4 is 0 Å². The molecule has 0 unspecified atom stereocenters. The summed E-state index contributed by atoms with van der Waals surface area (Å²) >= 11 is 0. The lowest BCUT2D eigenvalue weighted by Crippen LogP contribution is -1.63. The molecule has 0 aliphatic rings. The normalized spacial score (nSPS) is 12.4. The second-order valence-electron chi connectivity index (χ2n) is 1.96. The summed E-state index contributed by atoms with van der Waals surface area (Å²) in [6.07, 6.45) is 9.13. The Morgan fingerprint density at radius 3 is 2.67 bits per heavy atom. The maximum absolute atomic E-state index is 3.60. The first kappa shape index (κ1) is 8.22. The molecule has 0 aromatic carbocycles. The Balaban J connectivity index is 3.74. The van der Waals surface area contributed by atoms with E-state index in [1.807, 2.05) is 6.08 Å². The molecule has 0 radical (unpaired) electrons. The monoisotopic (exact) mass is 122 g/mol. The van der Waals surface area contributed by atoms with E-state index in [1.165, 1.54) is 5.57 Å². The van der Waals surface area contributed by atoms with Crippen LogP contribution in [0.5, 0.6) is 0 Å². The van der Waals surface area contributed by atoms with Crippen molar-refractivity contribution >= 4 is 0 Å². The summed E-state index contributed by atoms with van der Waals surface area (Å²) in [5.41, 5.74) is 1.26. The molecule has 0 heterocycles. The highest BCUT2D eigenvalue weighted by molar-refractivity contribution is 5.20. The summed E-state index contributed by atoms with van der Waals surface area (Å²) in [4.78, 5) is 0. The molecule has 0 aromatic heterocycles. The van der Waals surface area contributed by atoms with E-state index in [9.17, 15) is 0 Å². The lowest BCUT2D eigenvalue weighted by Gasteiger charge is -1.84. The van der Waals surface area contributed by atoms with Crippen molar-refractivity contribution in [3.05, 3.63) is 36.5 Å². The summed E-state index contributed by atoms with van der Waals surface area (Å²) in [6.45, 7) is 7.78. The van der Waals surface area contributed by atoms with Gasteiger partial charge in [0.2, 0.25) is 0 Å². The smallest absolute Gasteiger partial charge is 0.0376 e. The Morgan fingerprint density at radius 1 is 1.56 bits per heavy atom. The molecular formula is C9H14. The first-order valence-corrected chi connectivity index (χ1v) is 3.27. The van der Waals surface area contributed by atoms with Gasteiger partial charge in [-0.2, -0.15) is 0 Å². The number of allylic oxidation sites excluding steroid dienone is 5. The van der Waals surface area contributed by atoms with Crippen LogP contribution in [0.25, 0.3) is 0 Å². The van der Waals surface area contributed by atoms with Gasteiger partial charge in [0.15, 0.2) is 0 Å². The van der Waals surface area contributed by atoms with Gasteiger partial charge in [0.25, 0.3) is 0 Å². The van der Waals surface area contributed by atoms with Crippen LogP contribution >= 0.6 is 0 Å². The van der Waals surface area contributed by atoms with Crippen LogP contribution in [-0.2, 0) is 0 Å². The van der Waals surface area contributed by atoms with Crippen LogP contribution in [0.2, 0.25) is 0 Å². The van der Waals surface area contributed by atoms with Gasteiger partial charge in [-0.15, -0.1) is 0 Å². The number of hydrogen-bond donors (Lipinski definition) is 0. The first-order chi connectivity index (χ1) is 4.31. The van der Waals surface area contributed by atoms with Crippen LogP contribution in [-0.4, -0.2) is 0 Å². The van der Waals surface area contributed by atoms with Crippen molar-refractivity contribution in [3.63, 3.8) is 0 Å². The second kappa shape index (κ2) is 5.36. The fraction of sp³-hybridized carbons (Fsp3) is 0.333. The third-order valence-corrected chi connectivity index (χ3v) is 0.997. The van der Waals surface area contributed by atoms with Crippen molar-refractivity contribution < 1.29 is 0 Å². The average Bonchev–Trinajstić information content (AvgIpc) is 1.85. The van der Waals surface area contributed by atoms with Gasteiger partial charge in [0.1, 0.15) is 0 Å². The molecule has 0 rings (SSSR count). The standard InChI is InChI=1S/C9H14/c1-4-6-8-9(3)7-5-2/h5-8H,2,4H2,1,3H3/b8-6-,9-7+. The molecule has 0 spiro atoms. The molecule has 50 valence electrons. The van der Waals surface area contributed by atoms with E-state index in [0.717, 1.165) is 6.42 Å². The molecule has 0 saturated heterocycles. The Hall–Kier alpha value is -0.780. The number of rotatable bonds is 3. The maximum Gasteiger partial charge on any atom is -0.0376 e. The second-order valence-corrected chi connectivity index (χ2v) is 1.96. The third kappa shape index (κ3) is 5.09. The van der Waals surface area contributed by atoms with E-state index in [4.69, 9.17) is 0 Å². The minimum atomic E-state index is 1.10. The van der Waals surface area contributed by atoms with Gasteiger partial charge in [-0.05, 0) is 13.3 Å². The van der Waals surface area contributed by atoms with Gasteiger partial charge in [0.05, 0.1) is 0 Å². The molecule has 0 nitrogen and oxygen atoms in total. The first-order valence-electron chi connectivity index (χ1n) is 3.27. The third-order valence-electron chi connectivity index (χ3n) is 0.997. The zero-order chi connectivity index (χ0) is 7.11. The van der Waals surface area contributed by atoms with E-state index in [2.05, 4.69) is 32.6 Å². The van der Waals surface area contributed by atoms with Crippen molar-refractivity contribution in [2.75, 3.05) is 0 Å². The van der Waals surface area contributed by atoms with Crippen molar-refractivity contribution in [2.24, 2.45) is 0 Å². The van der Waals surface area contributed by atoms with Crippen molar-refractivity contribution in [1.29, 1.82) is 0 Å². The molecule has 0 saturated carbocycles. The van der Waals surface area contributed by atoms with E-state index in [0.29, 0.717) is 0 Å². The maximum atomic E-state index is 3.60. The minimum absolute atomic E-state index is 1.10. The zero-order valence-electron chi connectivity index (χ0n) is 6.22. The summed E-state index contributed by atoms with van der Waals surface area (Å²) in [6, 6.07) is 0. The van der Waals surface area contributed by atoms with Crippen molar-refractivity contribution in [3.8, 4) is 0 Å². The molecule has 0 amide bonds. The van der Waals surface area contributed by atoms with Crippen LogP contribution in [0.1, 0.15) is 20.3 Å². The molecule has 0 N–H and O–H groups in total. The van der Waals surface area contributed by atoms with Gasteiger partial charge in [0, 0.05) is 0 Å². The predicted molar refractivity (Wildman–Crippen MR) is 43.4 cm³/mol. The van der Waals surface area contributed by atoms with Gasteiger partial charge in [-0.3, -0.25) is 0 Å². The summed E-state index contributed by atoms with van der Waals surface area (Å²) < 4.78 is 0. The lowest BCUT2D eigenvalue weighted by molar-refractivity contribution is 1.22. The average molecular weight is 122 g/mol. The molecule has 0 heteroatoms. The molecule has 0 aliphatic carbocycles. The number of hydrogen-bond acceptors (Lipinski definition) is 0. The Labute approximate surface area is 57.6 Å². The van der Waals surface area contributed by atoms with Gasteiger partial charge in [-0.1, -0.05) is 43.4 Å². The van der Waals surface area contributed by atoms with E-state index in [1.54, 1.807) is 6.08 Å². The van der Waals surface area contributed by atoms with E-state index < -0.39 is 0 Å². The topological polar surface area (TPSA) is 0 Å².